The highest BCUT2D eigenvalue weighted by atomic mass is 35.5. The van der Waals surface area contributed by atoms with Gasteiger partial charge < -0.3 is 10.1 Å². The molecule has 2 heterocycles. The number of nitrogens with zero attached hydrogens (tertiary/aromatic N) is 2. The molecule has 0 fully saturated rings. The summed E-state index contributed by atoms with van der Waals surface area (Å²) in [5, 5.41) is 2.74. The minimum absolute atomic E-state index is 0.161. The van der Waals surface area contributed by atoms with E-state index in [1.807, 2.05) is 13.0 Å². The maximum Gasteiger partial charge on any atom is 0.240 e. The summed E-state index contributed by atoms with van der Waals surface area (Å²) in [4.78, 5) is 20.8. The van der Waals surface area contributed by atoms with Gasteiger partial charge in [-0.25, -0.2) is 4.98 Å². The first-order valence-corrected chi connectivity index (χ1v) is 6.71. The first kappa shape index (κ1) is 13.8. The van der Waals surface area contributed by atoms with Gasteiger partial charge in [0.1, 0.15) is 12.0 Å². The van der Waals surface area contributed by atoms with E-state index in [2.05, 4.69) is 15.3 Å². The number of aromatic nitrogens is 2. The fraction of sp³-hybridized carbons (Fsp3) is 0.250. The van der Waals surface area contributed by atoms with Crippen molar-refractivity contribution in [1.82, 2.24) is 9.97 Å². The molecule has 0 aromatic carbocycles. The van der Waals surface area contributed by atoms with E-state index in [9.17, 15) is 4.79 Å². The second kappa shape index (κ2) is 5.99. The molecule has 0 unspecified atom stereocenters. The van der Waals surface area contributed by atoms with Crippen LogP contribution < -0.4 is 10.1 Å². The van der Waals surface area contributed by atoms with Gasteiger partial charge >= 0.3 is 0 Å². The number of methoxy groups -OCH3 is 1. The van der Waals surface area contributed by atoms with Crippen LogP contribution in [0, 0.1) is 0 Å². The molecule has 0 aliphatic rings. The van der Waals surface area contributed by atoms with E-state index >= 15 is 0 Å². The van der Waals surface area contributed by atoms with Crippen molar-refractivity contribution in [3.05, 3.63) is 33.9 Å². The van der Waals surface area contributed by atoms with Crippen LogP contribution in [0.4, 0.5) is 5.69 Å². The SMILES string of the molecule is COc1ncncc1NC(=O)[C@@H](C)c1ccc(Cl)s1. The number of hydrogen-bond donors (Lipinski definition) is 1. The highest BCUT2D eigenvalue weighted by molar-refractivity contribution is 7.16. The third-order valence-electron chi connectivity index (χ3n) is 2.54. The number of halogens is 1. The van der Waals surface area contributed by atoms with Gasteiger partial charge in [0.05, 0.1) is 23.6 Å². The Bertz CT molecular complexity index is 588. The van der Waals surface area contributed by atoms with Gasteiger partial charge in [0.15, 0.2) is 0 Å². The van der Waals surface area contributed by atoms with Crippen molar-refractivity contribution in [1.29, 1.82) is 0 Å². The summed E-state index contributed by atoms with van der Waals surface area (Å²) in [7, 11) is 1.49. The maximum atomic E-state index is 12.1. The molecule has 0 aliphatic heterocycles. The molecule has 1 amide bonds. The molecule has 0 saturated heterocycles. The predicted octanol–water partition coefficient (Wildman–Crippen LogP) is 2.94. The van der Waals surface area contributed by atoms with Crippen molar-refractivity contribution in [3.8, 4) is 5.88 Å². The number of ether oxygens (including phenoxy) is 1. The van der Waals surface area contributed by atoms with Crippen LogP contribution in [0.1, 0.15) is 17.7 Å². The van der Waals surface area contributed by atoms with E-state index in [0.29, 0.717) is 15.9 Å². The van der Waals surface area contributed by atoms with Crippen LogP contribution in [0.5, 0.6) is 5.88 Å². The van der Waals surface area contributed by atoms with Crippen LogP contribution in [0.15, 0.2) is 24.7 Å². The summed E-state index contributed by atoms with van der Waals surface area (Å²) in [5.41, 5.74) is 0.449. The smallest absolute Gasteiger partial charge is 0.240 e. The van der Waals surface area contributed by atoms with Crippen molar-refractivity contribution in [2.24, 2.45) is 0 Å². The molecule has 1 N–H and O–H groups in total. The number of anilines is 1. The minimum Gasteiger partial charge on any atom is -0.479 e. The van der Waals surface area contributed by atoms with Crippen LogP contribution in [0.25, 0.3) is 0 Å². The van der Waals surface area contributed by atoms with Gasteiger partial charge in [-0.1, -0.05) is 11.6 Å². The van der Waals surface area contributed by atoms with E-state index in [1.165, 1.54) is 31.0 Å². The van der Waals surface area contributed by atoms with E-state index in [0.717, 1.165) is 4.88 Å². The molecule has 5 nitrogen and oxygen atoms in total. The molecular weight excluding hydrogens is 286 g/mol. The Balaban J connectivity index is 2.12. The molecule has 0 spiro atoms. The third-order valence-corrected chi connectivity index (χ3v) is 3.95. The van der Waals surface area contributed by atoms with Crippen molar-refractivity contribution < 1.29 is 9.53 Å². The van der Waals surface area contributed by atoms with Crippen molar-refractivity contribution in [2.75, 3.05) is 12.4 Å². The Hall–Kier alpha value is -1.66. The summed E-state index contributed by atoms with van der Waals surface area (Å²) in [5.74, 6) is -0.131. The van der Waals surface area contributed by atoms with E-state index in [4.69, 9.17) is 16.3 Å². The monoisotopic (exact) mass is 297 g/mol. The molecule has 0 saturated carbocycles. The standard InChI is InChI=1S/C12H12ClN3O2S/c1-7(9-3-4-10(13)19-9)11(17)16-8-5-14-6-15-12(8)18-2/h3-7H,1-2H3,(H,16,17)/t7-/m0/s1. The maximum absolute atomic E-state index is 12.1. The molecule has 100 valence electrons. The predicted molar refractivity (Wildman–Crippen MR) is 75.0 cm³/mol. The van der Waals surface area contributed by atoms with Gasteiger partial charge in [0, 0.05) is 4.88 Å². The highest BCUT2D eigenvalue weighted by Crippen LogP contribution is 2.29. The van der Waals surface area contributed by atoms with Crippen molar-refractivity contribution in [3.63, 3.8) is 0 Å². The number of carbonyl (C=O) groups is 1. The quantitative estimate of drug-likeness (QED) is 0.942. The van der Waals surface area contributed by atoms with Gasteiger partial charge in [0.25, 0.3) is 0 Å². The molecule has 19 heavy (non-hydrogen) atoms. The second-order valence-electron chi connectivity index (χ2n) is 3.80. The van der Waals surface area contributed by atoms with E-state index in [-0.39, 0.29) is 11.8 Å². The molecule has 0 radical (unpaired) electrons. The van der Waals surface area contributed by atoms with Gasteiger partial charge in [0.2, 0.25) is 11.8 Å². The van der Waals surface area contributed by atoms with Gasteiger partial charge in [-0.05, 0) is 19.1 Å². The Morgan fingerprint density at radius 2 is 2.32 bits per heavy atom. The Morgan fingerprint density at radius 1 is 1.53 bits per heavy atom. The minimum atomic E-state index is -0.303. The second-order valence-corrected chi connectivity index (χ2v) is 5.55. The average Bonchev–Trinajstić information content (AvgIpc) is 2.85. The molecule has 7 heteroatoms. The third kappa shape index (κ3) is 3.21. The zero-order chi connectivity index (χ0) is 13.8. The number of thiophene rings is 1. The normalized spacial score (nSPS) is 11.9. The first-order valence-electron chi connectivity index (χ1n) is 5.52. The fourth-order valence-corrected chi connectivity index (χ4v) is 2.61. The van der Waals surface area contributed by atoms with Gasteiger partial charge in [-0.15, -0.1) is 11.3 Å². The van der Waals surface area contributed by atoms with Crippen molar-refractivity contribution in [2.45, 2.75) is 12.8 Å². The van der Waals surface area contributed by atoms with E-state index in [1.54, 1.807) is 6.07 Å². The first-order chi connectivity index (χ1) is 9.11. The lowest BCUT2D eigenvalue weighted by Crippen LogP contribution is -2.18. The Morgan fingerprint density at radius 3 is 2.95 bits per heavy atom. The molecule has 1 atom stereocenters. The number of carbonyl (C=O) groups excluding carboxylic acids is 1. The molecule has 0 aliphatic carbocycles. The topological polar surface area (TPSA) is 64.1 Å². The van der Waals surface area contributed by atoms with Crippen LogP contribution in [-0.2, 0) is 4.79 Å². The number of nitrogens with one attached hydrogen (secondary N) is 1. The molecule has 0 bridgehead atoms. The van der Waals surface area contributed by atoms with Crippen LogP contribution >= 0.6 is 22.9 Å². The van der Waals surface area contributed by atoms with Crippen LogP contribution in [0.3, 0.4) is 0 Å². The summed E-state index contributed by atoms with van der Waals surface area (Å²) in [6.45, 7) is 1.81. The van der Waals surface area contributed by atoms with Crippen molar-refractivity contribution >= 4 is 34.5 Å². The van der Waals surface area contributed by atoms with Crippen LogP contribution in [0.2, 0.25) is 4.34 Å². The van der Waals surface area contributed by atoms with Gasteiger partial charge in [-0.2, -0.15) is 4.98 Å². The summed E-state index contributed by atoms with van der Waals surface area (Å²) in [6.07, 6.45) is 2.86. The summed E-state index contributed by atoms with van der Waals surface area (Å²) < 4.78 is 5.71. The Kier molecular flexibility index (Phi) is 4.34. The molecule has 2 rings (SSSR count). The Labute approximate surface area is 119 Å². The van der Waals surface area contributed by atoms with Crippen LogP contribution in [-0.4, -0.2) is 23.0 Å². The van der Waals surface area contributed by atoms with E-state index < -0.39 is 0 Å². The van der Waals surface area contributed by atoms with Gasteiger partial charge in [-0.3, -0.25) is 4.79 Å². The zero-order valence-corrected chi connectivity index (χ0v) is 12.0. The lowest BCUT2D eigenvalue weighted by atomic mass is 10.1. The number of rotatable bonds is 4. The lowest BCUT2D eigenvalue weighted by Gasteiger charge is -2.11. The summed E-state index contributed by atoms with van der Waals surface area (Å²) in [6, 6.07) is 3.62. The average molecular weight is 298 g/mol. The lowest BCUT2D eigenvalue weighted by molar-refractivity contribution is -0.117. The molecule has 2 aromatic heterocycles. The summed E-state index contributed by atoms with van der Waals surface area (Å²) >= 11 is 7.25. The largest absolute Gasteiger partial charge is 0.479 e. The zero-order valence-electron chi connectivity index (χ0n) is 10.4. The number of amides is 1. The molecular formula is C12H12ClN3O2S. The highest BCUT2D eigenvalue weighted by Gasteiger charge is 2.19. The fourth-order valence-electron chi connectivity index (χ4n) is 1.50. The molecule has 2 aromatic rings. The number of hydrogen-bond acceptors (Lipinski definition) is 5.